The zero-order valence-corrected chi connectivity index (χ0v) is 14.8. The summed E-state index contributed by atoms with van der Waals surface area (Å²) in [6.45, 7) is 0.995. The number of likely N-dealkylation sites (tertiary alicyclic amines) is 1. The van der Waals surface area contributed by atoms with Crippen LogP contribution in [0.4, 0.5) is 22.0 Å². The number of rotatable bonds is 2. The van der Waals surface area contributed by atoms with Gasteiger partial charge in [-0.05, 0) is 19.9 Å². The number of carbonyl (C=O) groups excluding carboxylic acids is 1. The van der Waals surface area contributed by atoms with Crippen LogP contribution in [-0.2, 0) is 12.1 Å². The number of nitrogens with zero attached hydrogens (tertiary/aromatic N) is 5. The zero-order chi connectivity index (χ0) is 20.6. The summed E-state index contributed by atoms with van der Waals surface area (Å²) in [6.07, 6.45) is -3.76. The highest BCUT2D eigenvalue weighted by molar-refractivity contribution is 5.94. The van der Waals surface area contributed by atoms with Crippen LogP contribution < -0.4 is 0 Å². The number of hydrogen-bond acceptors (Lipinski definition) is 4. The molecule has 0 spiro atoms. The molecule has 0 bridgehead atoms. The topological polar surface area (TPSA) is 76.2 Å². The van der Waals surface area contributed by atoms with E-state index >= 15 is 0 Å². The molecule has 2 aromatic heterocycles. The van der Waals surface area contributed by atoms with Crippen LogP contribution in [0.15, 0.2) is 12.3 Å². The van der Waals surface area contributed by atoms with E-state index in [4.69, 9.17) is 0 Å². The summed E-state index contributed by atoms with van der Waals surface area (Å²) in [6, 6.07) is 0.801. The average Bonchev–Trinajstić information content (AvgIpc) is 3.14. The summed E-state index contributed by atoms with van der Waals surface area (Å²) in [5, 5.41) is 14.2. The first kappa shape index (κ1) is 18.8. The van der Waals surface area contributed by atoms with Gasteiger partial charge in [-0.15, -0.1) is 0 Å². The molecule has 28 heavy (non-hydrogen) atoms. The van der Waals surface area contributed by atoms with Crippen molar-refractivity contribution in [2.45, 2.75) is 44.1 Å². The SMILES string of the molecule is C[C@H]1Cn2nc(C(=O)N3CC(F)(F)C3)cc2-c2cnc([C@@](C)(O)C(F)(F)F)n21. The molecule has 0 saturated carbocycles. The Bertz CT molecular complexity index is 953. The van der Waals surface area contributed by atoms with E-state index in [0.717, 1.165) is 4.90 Å². The average molecular weight is 405 g/mol. The minimum atomic E-state index is -4.93. The van der Waals surface area contributed by atoms with Crippen LogP contribution in [0, 0.1) is 0 Å². The second-order valence-electron chi connectivity index (χ2n) is 7.37. The molecule has 0 aromatic carbocycles. The van der Waals surface area contributed by atoms with Crippen molar-refractivity contribution >= 4 is 5.91 Å². The second-order valence-corrected chi connectivity index (χ2v) is 7.37. The van der Waals surface area contributed by atoms with Gasteiger partial charge in [-0.1, -0.05) is 0 Å². The van der Waals surface area contributed by atoms with Crippen LogP contribution in [0.3, 0.4) is 0 Å². The highest BCUT2D eigenvalue weighted by Crippen LogP contribution is 2.42. The summed E-state index contributed by atoms with van der Waals surface area (Å²) in [4.78, 5) is 17.1. The van der Waals surface area contributed by atoms with Gasteiger partial charge >= 0.3 is 6.18 Å². The standard InChI is InChI=1S/C16H16F5N5O2/c1-8-5-25-10(3-9(23-25)12(27)24-6-15(17,18)7-24)11-4-22-13(26(8)11)14(2,28)16(19,20)21/h3-4,8,28H,5-7H2,1-2H3/t8-,14+/m0/s1. The third-order valence-corrected chi connectivity index (χ3v) is 5.06. The maximum absolute atomic E-state index is 13.3. The number of halogens is 5. The third-order valence-electron chi connectivity index (χ3n) is 5.06. The minimum Gasteiger partial charge on any atom is -0.374 e. The van der Waals surface area contributed by atoms with Crippen molar-refractivity contribution in [3.63, 3.8) is 0 Å². The zero-order valence-electron chi connectivity index (χ0n) is 14.8. The van der Waals surface area contributed by atoms with E-state index in [1.807, 2.05) is 0 Å². The molecule has 2 aliphatic heterocycles. The Kier molecular flexibility index (Phi) is 3.72. The lowest BCUT2D eigenvalue weighted by atomic mass is 10.0. The van der Waals surface area contributed by atoms with E-state index in [9.17, 15) is 31.9 Å². The fourth-order valence-electron chi connectivity index (χ4n) is 3.50. The highest BCUT2D eigenvalue weighted by Gasteiger charge is 2.55. The number of carbonyl (C=O) groups is 1. The Morgan fingerprint density at radius 2 is 1.93 bits per heavy atom. The Morgan fingerprint density at radius 1 is 1.29 bits per heavy atom. The predicted molar refractivity (Wildman–Crippen MR) is 84.6 cm³/mol. The first-order chi connectivity index (χ1) is 12.8. The predicted octanol–water partition coefficient (Wildman–Crippen LogP) is 2.18. The van der Waals surface area contributed by atoms with Gasteiger partial charge in [0.15, 0.2) is 11.5 Å². The molecule has 2 aliphatic rings. The molecule has 1 saturated heterocycles. The van der Waals surface area contributed by atoms with E-state index in [-0.39, 0.29) is 17.9 Å². The molecule has 2 aromatic rings. The maximum Gasteiger partial charge on any atom is 0.424 e. The monoisotopic (exact) mass is 405 g/mol. The van der Waals surface area contributed by atoms with Gasteiger partial charge in [0, 0.05) is 0 Å². The quantitative estimate of drug-likeness (QED) is 0.778. The van der Waals surface area contributed by atoms with Gasteiger partial charge in [0.1, 0.15) is 0 Å². The van der Waals surface area contributed by atoms with Gasteiger partial charge in [-0.25, -0.2) is 13.8 Å². The molecular formula is C16H16F5N5O2. The Balaban J connectivity index is 1.72. The third kappa shape index (κ3) is 2.61. The van der Waals surface area contributed by atoms with Crippen LogP contribution >= 0.6 is 0 Å². The molecule has 7 nitrogen and oxygen atoms in total. The van der Waals surface area contributed by atoms with Crippen molar-refractivity contribution in [3.05, 3.63) is 23.8 Å². The summed E-state index contributed by atoms with van der Waals surface area (Å²) >= 11 is 0. The fourth-order valence-corrected chi connectivity index (χ4v) is 3.50. The van der Waals surface area contributed by atoms with Crippen molar-refractivity contribution in [3.8, 4) is 11.4 Å². The molecule has 12 heteroatoms. The van der Waals surface area contributed by atoms with E-state index in [0.29, 0.717) is 12.6 Å². The van der Waals surface area contributed by atoms with Gasteiger partial charge < -0.3 is 14.6 Å². The number of hydrogen-bond donors (Lipinski definition) is 1. The van der Waals surface area contributed by atoms with E-state index in [1.54, 1.807) is 6.92 Å². The van der Waals surface area contributed by atoms with Crippen LogP contribution in [0.2, 0.25) is 0 Å². The molecule has 1 N–H and O–H groups in total. The molecule has 152 valence electrons. The van der Waals surface area contributed by atoms with Crippen molar-refractivity contribution in [1.29, 1.82) is 0 Å². The number of imidazole rings is 1. The number of aromatic nitrogens is 4. The Morgan fingerprint density at radius 3 is 2.50 bits per heavy atom. The maximum atomic E-state index is 13.3. The number of alkyl halides is 5. The molecular weight excluding hydrogens is 389 g/mol. The fraction of sp³-hybridized carbons (Fsp3) is 0.562. The van der Waals surface area contributed by atoms with Gasteiger partial charge in [-0.2, -0.15) is 18.3 Å². The van der Waals surface area contributed by atoms with Crippen LogP contribution in [0.5, 0.6) is 0 Å². The van der Waals surface area contributed by atoms with Gasteiger partial charge in [-0.3, -0.25) is 9.48 Å². The molecule has 0 unspecified atom stereocenters. The van der Waals surface area contributed by atoms with Crippen molar-refractivity contribution < 1.29 is 31.9 Å². The second kappa shape index (κ2) is 5.52. The van der Waals surface area contributed by atoms with Crippen LogP contribution in [0.25, 0.3) is 11.4 Å². The smallest absolute Gasteiger partial charge is 0.374 e. The number of aliphatic hydroxyl groups is 1. The first-order valence-corrected chi connectivity index (χ1v) is 8.44. The lowest BCUT2D eigenvalue weighted by molar-refractivity contribution is -0.262. The largest absolute Gasteiger partial charge is 0.424 e. The van der Waals surface area contributed by atoms with Gasteiger partial charge in [0.25, 0.3) is 11.8 Å². The number of amides is 1. The van der Waals surface area contributed by atoms with Gasteiger partial charge in [0.05, 0.1) is 43.3 Å². The minimum absolute atomic E-state index is 0.0727. The van der Waals surface area contributed by atoms with Crippen molar-refractivity contribution in [2.75, 3.05) is 13.1 Å². The van der Waals surface area contributed by atoms with Crippen LogP contribution in [-0.4, -0.2) is 60.4 Å². The molecule has 1 fully saturated rings. The summed E-state index contributed by atoms with van der Waals surface area (Å²) in [5.74, 6) is -4.15. The molecule has 1 amide bonds. The lowest BCUT2D eigenvalue weighted by Crippen LogP contribution is -2.58. The molecule has 0 radical (unpaired) electrons. The van der Waals surface area contributed by atoms with Crippen molar-refractivity contribution in [2.24, 2.45) is 0 Å². The normalized spacial score (nSPS) is 22.9. The molecule has 2 atom stereocenters. The summed E-state index contributed by atoms with van der Waals surface area (Å²) < 4.78 is 68.5. The summed E-state index contributed by atoms with van der Waals surface area (Å²) in [7, 11) is 0. The van der Waals surface area contributed by atoms with Crippen molar-refractivity contribution in [1.82, 2.24) is 24.2 Å². The summed E-state index contributed by atoms with van der Waals surface area (Å²) in [5.41, 5.74) is -2.66. The Labute approximate surface area is 155 Å². The van der Waals surface area contributed by atoms with Crippen LogP contribution in [0.1, 0.15) is 36.2 Å². The van der Waals surface area contributed by atoms with Gasteiger partial charge in [0.2, 0.25) is 5.60 Å². The Hall–Kier alpha value is -2.50. The molecule has 4 heterocycles. The van der Waals surface area contributed by atoms with E-state index in [2.05, 4.69) is 10.1 Å². The lowest BCUT2D eigenvalue weighted by Gasteiger charge is -2.38. The van der Waals surface area contributed by atoms with E-state index < -0.39 is 48.6 Å². The first-order valence-electron chi connectivity index (χ1n) is 8.44. The molecule has 4 rings (SSSR count). The molecule has 0 aliphatic carbocycles. The van der Waals surface area contributed by atoms with E-state index in [1.165, 1.54) is 21.5 Å². The highest BCUT2D eigenvalue weighted by atomic mass is 19.4. The number of fused-ring (bicyclic) bond motifs is 3.